The van der Waals surface area contributed by atoms with Gasteiger partial charge in [-0.3, -0.25) is 9.79 Å². The number of likely N-dealkylation sites (tertiary alicyclic amines) is 1. The zero-order valence-corrected chi connectivity index (χ0v) is 17.5. The number of rotatable bonds is 8. The summed E-state index contributed by atoms with van der Waals surface area (Å²) in [4.78, 5) is 18.9. The van der Waals surface area contributed by atoms with Crippen LogP contribution >= 0.6 is 0 Å². The molecule has 28 heavy (non-hydrogen) atoms. The normalized spacial score (nSPS) is 24.7. The highest BCUT2D eigenvalue weighted by atomic mass is 16.5. The number of nitrogens with zero attached hydrogens (tertiary/aromatic N) is 2. The van der Waals surface area contributed by atoms with Gasteiger partial charge in [0.1, 0.15) is 0 Å². The highest BCUT2D eigenvalue weighted by molar-refractivity contribution is 5.81. The summed E-state index contributed by atoms with van der Waals surface area (Å²) in [5.74, 6) is 2.13. The number of hydrogen-bond donors (Lipinski definition) is 2. The lowest BCUT2D eigenvalue weighted by atomic mass is 10.0. The summed E-state index contributed by atoms with van der Waals surface area (Å²) in [7, 11) is 1.80. The second-order valence-corrected chi connectivity index (χ2v) is 8.38. The molecule has 7 nitrogen and oxygen atoms in total. The van der Waals surface area contributed by atoms with E-state index in [0.717, 1.165) is 90.5 Å². The molecule has 2 aliphatic heterocycles. The number of carbonyl (C=O) groups excluding carboxylic acids is 1. The van der Waals surface area contributed by atoms with Crippen LogP contribution in [0.15, 0.2) is 4.99 Å². The molecule has 1 amide bonds. The first-order valence-corrected chi connectivity index (χ1v) is 11.2. The number of hydrogen-bond acceptors (Lipinski definition) is 4. The van der Waals surface area contributed by atoms with Gasteiger partial charge in [0.25, 0.3) is 0 Å². The zero-order valence-electron chi connectivity index (χ0n) is 17.5. The van der Waals surface area contributed by atoms with E-state index in [1.807, 2.05) is 4.90 Å². The van der Waals surface area contributed by atoms with Crippen molar-refractivity contribution in [1.82, 2.24) is 15.5 Å². The van der Waals surface area contributed by atoms with E-state index in [-0.39, 0.29) is 5.92 Å². The van der Waals surface area contributed by atoms with Crippen molar-refractivity contribution in [3.63, 3.8) is 0 Å². The number of amides is 1. The molecule has 0 spiro atoms. The lowest BCUT2D eigenvalue weighted by Crippen LogP contribution is -2.45. The third-order valence-corrected chi connectivity index (χ3v) is 6.22. The summed E-state index contributed by atoms with van der Waals surface area (Å²) in [6.07, 6.45) is 8.77. The van der Waals surface area contributed by atoms with Crippen molar-refractivity contribution in [1.29, 1.82) is 0 Å². The van der Waals surface area contributed by atoms with Crippen molar-refractivity contribution >= 4 is 11.9 Å². The third-order valence-electron chi connectivity index (χ3n) is 6.22. The molecule has 7 heteroatoms. The van der Waals surface area contributed by atoms with Gasteiger partial charge in [-0.2, -0.15) is 0 Å². The fraction of sp³-hybridized carbons (Fsp3) is 0.905. The van der Waals surface area contributed by atoms with Crippen LogP contribution in [0.3, 0.4) is 0 Å². The van der Waals surface area contributed by atoms with Gasteiger partial charge in [0, 0.05) is 65.1 Å². The third kappa shape index (κ3) is 6.62. The van der Waals surface area contributed by atoms with Gasteiger partial charge in [0.15, 0.2) is 5.96 Å². The van der Waals surface area contributed by atoms with Crippen molar-refractivity contribution < 1.29 is 14.3 Å². The molecule has 1 atom stereocenters. The van der Waals surface area contributed by atoms with Gasteiger partial charge < -0.3 is 25.0 Å². The number of carbonyl (C=O) groups is 1. The van der Waals surface area contributed by atoms with Crippen molar-refractivity contribution in [3.05, 3.63) is 0 Å². The second-order valence-electron chi connectivity index (χ2n) is 8.38. The average Bonchev–Trinajstić information content (AvgIpc) is 3.42. The molecular weight excluding hydrogens is 356 g/mol. The molecule has 0 aromatic carbocycles. The Balaban J connectivity index is 1.25. The van der Waals surface area contributed by atoms with Crippen molar-refractivity contribution in [2.45, 2.75) is 57.4 Å². The van der Waals surface area contributed by atoms with E-state index >= 15 is 0 Å². The van der Waals surface area contributed by atoms with E-state index in [1.54, 1.807) is 7.05 Å². The summed E-state index contributed by atoms with van der Waals surface area (Å²) >= 11 is 0. The van der Waals surface area contributed by atoms with Gasteiger partial charge in [-0.05, 0) is 44.4 Å². The molecule has 0 radical (unpaired) electrons. The molecule has 2 heterocycles. The average molecular weight is 395 g/mol. The molecule has 3 aliphatic rings. The van der Waals surface area contributed by atoms with Crippen LogP contribution in [0.25, 0.3) is 0 Å². The van der Waals surface area contributed by atoms with Crippen LogP contribution < -0.4 is 10.6 Å². The molecule has 3 fully saturated rings. The van der Waals surface area contributed by atoms with Gasteiger partial charge >= 0.3 is 0 Å². The second kappa shape index (κ2) is 11.6. The molecule has 1 unspecified atom stereocenters. The molecule has 2 N–H and O–H groups in total. The predicted octanol–water partition coefficient (Wildman–Crippen LogP) is 1.78. The van der Waals surface area contributed by atoms with E-state index < -0.39 is 0 Å². The predicted molar refractivity (Wildman–Crippen MR) is 110 cm³/mol. The molecular formula is C21H38N4O3. The zero-order chi connectivity index (χ0) is 19.6. The van der Waals surface area contributed by atoms with Crippen LogP contribution in [0.2, 0.25) is 0 Å². The van der Waals surface area contributed by atoms with Crippen LogP contribution in [0.5, 0.6) is 0 Å². The van der Waals surface area contributed by atoms with Gasteiger partial charge in [-0.15, -0.1) is 0 Å². The molecule has 3 rings (SSSR count). The van der Waals surface area contributed by atoms with Crippen LogP contribution in [0, 0.1) is 11.8 Å². The maximum atomic E-state index is 12.6. The monoisotopic (exact) mass is 394 g/mol. The molecule has 2 saturated heterocycles. The van der Waals surface area contributed by atoms with Crippen LogP contribution in [-0.2, 0) is 14.3 Å². The number of ether oxygens (including phenoxy) is 2. The van der Waals surface area contributed by atoms with E-state index in [2.05, 4.69) is 15.6 Å². The Morgan fingerprint density at radius 1 is 1.18 bits per heavy atom. The Hall–Kier alpha value is -1.34. The maximum absolute atomic E-state index is 12.6. The SMILES string of the molecule is CN=C(NCCCOCC1CCOCC1)NC1CCN(C(=O)C2CCCC2)C1. The fourth-order valence-corrected chi connectivity index (χ4v) is 4.44. The topological polar surface area (TPSA) is 75.2 Å². The summed E-state index contributed by atoms with van der Waals surface area (Å²) in [6.45, 7) is 5.88. The fourth-order valence-electron chi connectivity index (χ4n) is 4.44. The molecule has 1 aliphatic carbocycles. The Kier molecular flexibility index (Phi) is 8.86. The minimum atomic E-state index is 0.275. The van der Waals surface area contributed by atoms with E-state index in [4.69, 9.17) is 9.47 Å². The van der Waals surface area contributed by atoms with Crippen molar-refractivity contribution in [2.24, 2.45) is 16.8 Å². The maximum Gasteiger partial charge on any atom is 0.225 e. The molecule has 0 bridgehead atoms. The van der Waals surface area contributed by atoms with Crippen LogP contribution in [0.1, 0.15) is 51.4 Å². The summed E-state index contributed by atoms with van der Waals surface area (Å²) in [5.41, 5.74) is 0. The standard InChI is InChI=1S/C21H38N4O3/c1-22-21(23-10-4-12-28-16-17-8-13-27-14-9-17)24-19-7-11-25(15-19)20(26)18-5-2-3-6-18/h17-19H,2-16H2,1H3,(H2,22,23,24). The summed E-state index contributed by atoms with van der Waals surface area (Å²) < 4.78 is 11.2. The van der Waals surface area contributed by atoms with Crippen molar-refractivity contribution in [2.75, 3.05) is 53.1 Å². The summed E-state index contributed by atoms with van der Waals surface area (Å²) in [6, 6.07) is 0.293. The lowest BCUT2D eigenvalue weighted by Gasteiger charge is -2.22. The highest BCUT2D eigenvalue weighted by Gasteiger charge is 2.32. The van der Waals surface area contributed by atoms with E-state index in [9.17, 15) is 4.79 Å². The largest absolute Gasteiger partial charge is 0.381 e. The quantitative estimate of drug-likeness (QED) is 0.373. The smallest absolute Gasteiger partial charge is 0.225 e. The Bertz CT molecular complexity index is 502. The van der Waals surface area contributed by atoms with Gasteiger partial charge in [-0.1, -0.05) is 12.8 Å². The molecule has 1 saturated carbocycles. The lowest BCUT2D eigenvalue weighted by molar-refractivity contribution is -0.134. The number of aliphatic imine (C=N–C) groups is 1. The molecule has 0 aromatic rings. The van der Waals surface area contributed by atoms with Crippen molar-refractivity contribution in [3.8, 4) is 0 Å². The first-order chi connectivity index (χ1) is 13.8. The number of guanidine groups is 1. The highest BCUT2D eigenvalue weighted by Crippen LogP contribution is 2.27. The first-order valence-electron chi connectivity index (χ1n) is 11.2. The van der Waals surface area contributed by atoms with E-state index in [0.29, 0.717) is 17.9 Å². The van der Waals surface area contributed by atoms with Crippen LogP contribution in [-0.4, -0.2) is 75.9 Å². The van der Waals surface area contributed by atoms with Crippen LogP contribution in [0.4, 0.5) is 0 Å². The minimum absolute atomic E-state index is 0.275. The minimum Gasteiger partial charge on any atom is -0.381 e. The Morgan fingerprint density at radius 2 is 1.96 bits per heavy atom. The van der Waals surface area contributed by atoms with Gasteiger partial charge in [0.05, 0.1) is 0 Å². The summed E-state index contributed by atoms with van der Waals surface area (Å²) in [5, 5.41) is 6.84. The van der Waals surface area contributed by atoms with E-state index in [1.165, 1.54) is 12.8 Å². The van der Waals surface area contributed by atoms with Gasteiger partial charge in [0.2, 0.25) is 5.91 Å². The Labute approximate surface area is 169 Å². The first kappa shape index (κ1) is 21.4. The molecule has 0 aromatic heterocycles. The van der Waals surface area contributed by atoms with Gasteiger partial charge in [-0.25, -0.2) is 0 Å². The molecule has 160 valence electrons. The Morgan fingerprint density at radius 3 is 2.71 bits per heavy atom. The number of nitrogens with one attached hydrogen (secondary N) is 2.